The first-order valence-electron chi connectivity index (χ1n) is 5.61. The third-order valence-electron chi connectivity index (χ3n) is 2.27. The van der Waals surface area contributed by atoms with Gasteiger partial charge in [-0.2, -0.15) is 0 Å². The van der Waals surface area contributed by atoms with E-state index in [0.717, 1.165) is 12.1 Å². The summed E-state index contributed by atoms with van der Waals surface area (Å²) in [5, 5.41) is 0. The van der Waals surface area contributed by atoms with Crippen molar-refractivity contribution < 1.29 is 22.3 Å². The van der Waals surface area contributed by atoms with Crippen LogP contribution in [-0.2, 0) is 19.6 Å². The smallest absolute Gasteiger partial charge is 0.235 e. The highest BCUT2D eigenvalue weighted by Crippen LogP contribution is 2.28. The van der Waals surface area contributed by atoms with Gasteiger partial charge in [-0.25, -0.2) is 12.8 Å². The number of hydrogen-bond donors (Lipinski definition) is 2. The van der Waals surface area contributed by atoms with Crippen molar-refractivity contribution in [1.82, 2.24) is 0 Å². The first-order chi connectivity index (χ1) is 9.29. The number of benzene rings is 1. The standard InChI is InChI=1S/C11H14BrFN2O4S/c1-2-19-7(5-16)6-20(17,18)15-11-4-10(14)9(13)3-8(11)12/h3-5,7,15H,2,6,14H2,1H3. The third kappa shape index (κ3) is 4.73. The fraction of sp³-hybridized carbons (Fsp3) is 0.364. The molecule has 9 heteroatoms. The van der Waals surface area contributed by atoms with E-state index in [2.05, 4.69) is 20.7 Å². The molecule has 20 heavy (non-hydrogen) atoms. The number of rotatable bonds is 7. The van der Waals surface area contributed by atoms with Gasteiger partial charge in [0.25, 0.3) is 0 Å². The average molecular weight is 369 g/mol. The van der Waals surface area contributed by atoms with Crippen LogP contribution in [0.25, 0.3) is 0 Å². The molecule has 6 nitrogen and oxygen atoms in total. The highest BCUT2D eigenvalue weighted by atomic mass is 79.9. The number of nitrogens with two attached hydrogens (primary N) is 1. The second-order valence-electron chi connectivity index (χ2n) is 3.87. The quantitative estimate of drug-likeness (QED) is 0.561. The third-order valence-corrected chi connectivity index (χ3v) is 4.22. The van der Waals surface area contributed by atoms with Crippen LogP contribution in [0.15, 0.2) is 16.6 Å². The number of carbonyl (C=O) groups excluding carboxylic acids is 1. The van der Waals surface area contributed by atoms with E-state index in [4.69, 9.17) is 10.5 Å². The van der Waals surface area contributed by atoms with Gasteiger partial charge in [-0.15, -0.1) is 0 Å². The lowest BCUT2D eigenvalue weighted by molar-refractivity contribution is -0.116. The molecule has 3 N–H and O–H groups in total. The van der Waals surface area contributed by atoms with Crippen LogP contribution in [0.5, 0.6) is 0 Å². The zero-order valence-corrected chi connectivity index (χ0v) is 13.0. The Morgan fingerprint density at radius 2 is 2.20 bits per heavy atom. The normalized spacial score (nSPS) is 12.9. The van der Waals surface area contributed by atoms with E-state index in [9.17, 15) is 17.6 Å². The summed E-state index contributed by atoms with van der Waals surface area (Å²) in [5.41, 5.74) is 5.27. The molecule has 1 aromatic rings. The van der Waals surface area contributed by atoms with Crippen LogP contribution in [-0.4, -0.2) is 33.2 Å². The second-order valence-corrected chi connectivity index (χ2v) is 6.49. The predicted molar refractivity (Wildman–Crippen MR) is 77.4 cm³/mol. The van der Waals surface area contributed by atoms with Crippen molar-refractivity contribution in [2.45, 2.75) is 13.0 Å². The lowest BCUT2D eigenvalue weighted by Gasteiger charge is -2.14. The Morgan fingerprint density at radius 1 is 1.55 bits per heavy atom. The van der Waals surface area contributed by atoms with Crippen LogP contribution >= 0.6 is 15.9 Å². The van der Waals surface area contributed by atoms with Crippen molar-refractivity contribution in [3.05, 3.63) is 22.4 Å². The van der Waals surface area contributed by atoms with Crippen molar-refractivity contribution in [3.63, 3.8) is 0 Å². The zero-order valence-electron chi connectivity index (χ0n) is 10.6. The molecule has 0 bridgehead atoms. The summed E-state index contributed by atoms with van der Waals surface area (Å²) < 4.78 is 44.3. The van der Waals surface area contributed by atoms with Gasteiger partial charge in [0.2, 0.25) is 10.0 Å². The molecule has 0 heterocycles. The minimum absolute atomic E-state index is 0.0880. The van der Waals surface area contributed by atoms with Gasteiger partial charge in [0.05, 0.1) is 11.4 Å². The van der Waals surface area contributed by atoms with Gasteiger partial charge in [0.1, 0.15) is 24.0 Å². The molecule has 112 valence electrons. The molecule has 1 aromatic carbocycles. The van der Waals surface area contributed by atoms with Crippen LogP contribution < -0.4 is 10.5 Å². The molecule has 0 aliphatic heterocycles. The van der Waals surface area contributed by atoms with E-state index in [1.165, 1.54) is 0 Å². The van der Waals surface area contributed by atoms with Crippen molar-refractivity contribution in [1.29, 1.82) is 0 Å². The second kappa shape index (κ2) is 7.00. The van der Waals surface area contributed by atoms with Gasteiger partial charge in [0.15, 0.2) is 0 Å². The van der Waals surface area contributed by atoms with Gasteiger partial charge in [-0.05, 0) is 35.0 Å². The van der Waals surface area contributed by atoms with Crippen LogP contribution in [0, 0.1) is 5.82 Å². The molecule has 0 spiro atoms. The lowest BCUT2D eigenvalue weighted by Crippen LogP contribution is -2.29. The fourth-order valence-electron chi connectivity index (χ4n) is 1.41. The molecular weight excluding hydrogens is 355 g/mol. The summed E-state index contributed by atoms with van der Waals surface area (Å²) in [7, 11) is -3.83. The molecule has 0 aliphatic carbocycles. The van der Waals surface area contributed by atoms with E-state index < -0.39 is 27.7 Å². The van der Waals surface area contributed by atoms with Gasteiger partial charge < -0.3 is 15.3 Å². The van der Waals surface area contributed by atoms with E-state index in [1.807, 2.05) is 0 Å². The van der Waals surface area contributed by atoms with Crippen LogP contribution in [0.1, 0.15) is 6.92 Å². The van der Waals surface area contributed by atoms with Gasteiger partial charge in [-0.1, -0.05) is 0 Å². The maximum absolute atomic E-state index is 13.2. The largest absolute Gasteiger partial charge is 0.396 e. The maximum Gasteiger partial charge on any atom is 0.235 e. The number of aldehydes is 1. The summed E-state index contributed by atoms with van der Waals surface area (Å²) in [4.78, 5) is 10.7. The molecule has 0 aromatic heterocycles. The minimum Gasteiger partial charge on any atom is -0.396 e. The van der Waals surface area contributed by atoms with Gasteiger partial charge in [-0.3, -0.25) is 4.72 Å². The fourth-order valence-corrected chi connectivity index (χ4v) is 3.15. The lowest BCUT2D eigenvalue weighted by atomic mass is 10.3. The number of ether oxygens (including phenoxy) is 1. The predicted octanol–water partition coefficient (Wildman–Crippen LogP) is 1.52. The Balaban J connectivity index is 2.91. The summed E-state index contributed by atoms with van der Waals surface area (Å²) >= 11 is 3.02. The Hall–Kier alpha value is -1.19. The van der Waals surface area contributed by atoms with Crippen LogP contribution in [0.3, 0.4) is 0 Å². The van der Waals surface area contributed by atoms with E-state index in [1.54, 1.807) is 6.92 Å². The van der Waals surface area contributed by atoms with Crippen molar-refractivity contribution in [2.24, 2.45) is 0 Å². The average Bonchev–Trinajstić information content (AvgIpc) is 2.35. The monoisotopic (exact) mass is 368 g/mol. The first-order valence-corrected chi connectivity index (χ1v) is 8.05. The zero-order chi connectivity index (χ0) is 15.3. The number of halogens is 2. The number of sulfonamides is 1. The SMILES string of the molecule is CCOC(C=O)CS(=O)(=O)Nc1cc(N)c(F)cc1Br. The number of carbonyl (C=O) groups is 1. The van der Waals surface area contributed by atoms with Crippen LogP contribution in [0.4, 0.5) is 15.8 Å². The van der Waals surface area contributed by atoms with E-state index in [0.29, 0.717) is 6.29 Å². The van der Waals surface area contributed by atoms with Crippen molar-refractivity contribution in [3.8, 4) is 0 Å². The Labute approximate surface area is 124 Å². The first kappa shape index (κ1) is 16.9. The summed E-state index contributed by atoms with van der Waals surface area (Å²) in [6.07, 6.45) is -0.648. The number of anilines is 2. The molecule has 1 rings (SSSR count). The molecule has 0 saturated carbocycles. The Kier molecular flexibility index (Phi) is 5.90. The Morgan fingerprint density at radius 3 is 2.75 bits per heavy atom. The molecular formula is C11H14BrFN2O4S. The van der Waals surface area contributed by atoms with Gasteiger partial charge >= 0.3 is 0 Å². The van der Waals surface area contributed by atoms with E-state index in [-0.39, 0.29) is 22.5 Å². The molecule has 0 fully saturated rings. The maximum atomic E-state index is 13.2. The Bertz CT molecular complexity index is 594. The highest BCUT2D eigenvalue weighted by molar-refractivity contribution is 9.10. The molecule has 0 aliphatic rings. The van der Waals surface area contributed by atoms with Crippen molar-refractivity contribution in [2.75, 3.05) is 22.8 Å². The van der Waals surface area contributed by atoms with Gasteiger partial charge in [0, 0.05) is 11.1 Å². The molecule has 1 atom stereocenters. The minimum atomic E-state index is -3.83. The molecule has 1 unspecified atom stereocenters. The highest BCUT2D eigenvalue weighted by Gasteiger charge is 2.20. The summed E-state index contributed by atoms with van der Waals surface area (Å²) in [6.45, 7) is 1.86. The summed E-state index contributed by atoms with van der Waals surface area (Å²) in [5.74, 6) is -1.20. The summed E-state index contributed by atoms with van der Waals surface area (Å²) in [6, 6.07) is 2.19. The number of hydrogen-bond acceptors (Lipinski definition) is 5. The molecule has 0 radical (unpaired) electrons. The molecule has 0 saturated heterocycles. The topological polar surface area (TPSA) is 98.5 Å². The van der Waals surface area contributed by atoms with E-state index >= 15 is 0 Å². The molecule has 0 amide bonds. The van der Waals surface area contributed by atoms with Crippen LogP contribution in [0.2, 0.25) is 0 Å². The number of nitrogen functional groups attached to an aromatic ring is 1. The number of nitrogens with one attached hydrogen (secondary N) is 1. The van der Waals surface area contributed by atoms with Crippen molar-refractivity contribution >= 4 is 43.6 Å².